The molecule has 4 heteroatoms. The normalized spacial score (nSPS) is 17.4. The van der Waals surface area contributed by atoms with Gasteiger partial charge < -0.3 is 9.72 Å². The molecule has 0 saturated heterocycles. The van der Waals surface area contributed by atoms with Gasteiger partial charge in [0.15, 0.2) is 6.10 Å². The maximum absolute atomic E-state index is 13.2. The molecule has 3 nitrogen and oxygen atoms in total. The number of aromatic nitrogens is 2. The predicted molar refractivity (Wildman–Crippen MR) is 69.6 cm³/mol. The average Bonchev–Trinajstić information content (AvgIpc) is 3.00. The lowest BCUT2D eigenvalue weighted by Gasteiger charge is -2.06. The number of rotatable bonds is 1. The van der Waals surface area contributed by atoms with Gasteiger partial charge in [-0.25, -0.2) is 9.37 Å². The molecule has 2 aromatic carbocycles. The number of H-pyrrole nitrogens is 1. The molecule has 1 aromatic heterocycles. The van der Waals surface area contributed by atoms with E-state index in [1.54, 1.807) is 6.07 Å². The summed E-state index contributed by atoms with van der Waals surface area (Å²) in [6.07, 6.45) is 0.672. The first-order chi connectivity index (χ1) is 9.29. The number of hydrogen-bond acceptors (Lipinski definition) is 2. The van der Waals surface area contributed by atoms with E-state index in [1.165, 1.54) is 17.7 Å². The molecule has 19 heavy (non-hydrogen) atoms. The zero-order valence-corrected chi connectivity index (χ0v) is 10.1. The summed E-state index contributed by atoms with van der Waals surface area (Å²) in [6.45, 7) is 0. The summed E-state index contributed by atoms with van der Waals surface area (Å²) in [5.74, 6) is 1.38. The van der Waals surface area contributed by atoms with Crippen LogP contribution in [0.1, 0.15) is 17.5 Å². The van der Waals surface area contributed by atoms with Crippen LogP contribution in [0, 0.1) is 5.82 Å². The number of imidazole rings is 1. The van der Waals surface area contributed by atoms with Gasteiger partial charge in [-0.2, -0.15) is 0 Å². The van der Waals surface area contributed by atoms with Crippen LogP contribution in [-0.4, -0.2) is 9.97 Å². The first kappa shape index (κ1) is 10.6. The van der Waals surface area contributed by atoms with Crippen LogP contribution in [0.3, 0.4) is 0 Å². The highest BCUT2D eigenvalue weighted by molar-refractivity contribution is 5.75. The molecule has 4 rings (SSSR count). The topological polar surface area (TPSA) is 37.9 Å². The van der Waals surface area contributed by atoms with E-state index < -0.39 is 0 Å². The quantitative estimate of drug-likeness (QED) is 0.723. The Morgan fingerprint density at radius 3 is 3.00 bits per heavy atom. The van der Waals surface area contributed by atoms with Crippen molar-refractivity contribution >= 4 is 11.0 Å². The molecule has 1 atom stereocenters. The molecule has 0 amide bonds. The molecule has 1 aliphatic heterocycles. The fraction of sp³-hybridized carbons (Fsp3) is 0.133. The van der Waals surface area contributed by atoms with E-state index in [0.29, 0.717) is 5.52 Å². The second kappa shape index (κ2) is 3.82. The third-order valence-corrected chi connectivity index (χ3v) is 3.41. The predicted octanol–water partition coefficient (Wildman–Crippen LogP) is 3.38. The minimum Gasteiger partial charge on any atom is -0.482 e. The number of ether oxygens (including phenoxy) is 1. The number of halogens is 1. The van der Waals surface area contributed by atoms with Crippen LogP contribution < -0.4 is 4.74 Å². The van der Waals surface area contributed by atoms with Crippen LogP contribution in [0.5, 0.6) is 5.75 Å². The standard InChI is InChI=1S/C15H11FN2O/c16-10-5-6-11-12(8-10)18-15(17-11)14-7-9-3-1-2-4-13(9)19-14/h1-6,8,14H,7H2,(H,17,18). The summed E-state index contributed by atoms with van der Waals surface area (Å²) in [6, 6.07) is 12.5. The first-order valence-electron chi connectivity index (χ1n) is 6.19. The Morgan fingerprint density at radius 2 is 2.11 bits per heavy atom. The van der Waals surface area contributed by atoms with Crippen molar-refractivity contribution in [3.05, 3.63) is 59.7 Å². The summed E-state index contributed by atoms with van der Waals surface area (Å²) in [5, 5.41) is 0. The number of fused-ring (bicyclic) bond motifs is 2. The van der Waals surface area contributed by atoms with Crippen molar-refractivity contribution in [3.63, 3.8) is 0 Å². The number of benzene rings is 2. The average molecular weight is 254 g/mol. The van der Waals surface area contributed by atoms with Gasteiger partial charge in [-0.15, -0.1) is 0 Å². The Hall–Kier alpha value is -2.36. The highest BCUT2D eigenvalue weighted by Crippen LogP contribution is 2.35. The van der Waals surface area contributed by atoms with E-state index in [2.05, 4.69) is 16.0 Å². The molecule has 94 valence electrons. The van der Waals surface area contributed by atoms with Crippen LogP contribution >= 0.6 is 0 Å². The van der Waals surface area contributed by atoms with Gasteiger partial charge in [-0.3, -0.25) is 0 Å². The Balaban J connectivity index is 1.73. The monoisotopic (exact) mass is 254 g/mol. The van der Waals surface area contributed by atoms with Gasteiger partial charge in [-0.1, -0.05) is 18.2 Å². The van der Waals surface area contributed by atoms with Crippen molar-refractivity contribution < 1.29 is 9.13 Å². The highest BCUT2D eigenvalue weighted by atomic mass is 19.1. The zero-order valence-electron chi connectivity index (χ0n) is 10.1. The highest BCUT2D eigenvalue weighted by Gasteiger charge is 2.26. The molecular weight excluding hydrogens is 243 g/mol. The molecular formula is C15H11FN2O. The number of nitrogens with zero attached hydrogens (tertiary/aromatic N) is 1. The SMILES string of the molecule is Fc1ccc2nc(C3Cc4ccccc4O3)[nH]c2c1. The van der Waals surface area contributed by atoms with Crippen molar-refractivity contribution in [1.82, 2.24) is 9.97 Å². The third-order valence-electron chi connectivity index (χ3n) is 3.41. The van der Waals surface area contributed by atoms with Crippen molar-refractivity contribution in [3.8, 4) is 5.75 Å². The molecule has 0 bridgehead atoms. The maximum Gasteiger partial charge on any atom is 0.160 e. The van der Waals surface area contributed by atoms with E-state index in [0.717, 1.165) is 23.5 Å². The van der Waals surface area contributed by atoms with Crippen LogP contribution in [0.4, 0.5) is 4.39 Å². The largest absolute Gasteiger partial charge is 0.482 e. The maximum atomic E-state index is 13.2. The van der Waals surface area contributed by atoms with Gasteiger partial charge in [0.25, 0.3) is 0 Å². The third kappa shape index (κ3) is 1.68. The summed E-state index contributed by atoms with van der Waals surface area (Å²) >= 11 is 0. The van der Waals surface area contributed by atoms with Crippen molar-refractivity contribution in [2.24, 2.45) is 0 Å². The van der Waals surface area contributed by atoms with Crippen molar-refractivity contribution in [2.75, 3.05) is 0 Å². The lowest BCUT2D eigenvalue weighted by atomic mass is 10.1. The molecule has 1 unspecified atom stereocenters. The van der Waals surface area contributed by atoms with E-state index in [-0.39, 0.29) is 11.9 Å². The molecule has 0 radical (unpaired) electrons. The molecule has 3 aromatic rings. The number of aromatic amines is 1. The van der Waals surface area contributed by atoms with Crippen LogP contribution in [0.2, 0.25) is 0 Å². The minimum absolute atomic E-state index is 0.118. The van der Waals surface area contributed by atoms with E-state index in [4.69, 9.17) is 4.74 Å². The number of nitrogens with one attached hydrogen (secondary N) is 1. The number of para-hydroxylation sites is 1. The van der Waals surface area contributed by atoms with Crippen LogP contribution in [0.15, 0.2) is 42.5 Å². The summed E-state index contributed by atoms with van der Waals surface area (Å²) in [7, 11) is 0. The fourth-order valence-corrected chi connectivity index (χ4v) is 2.49. The molecule has 1 aliphatic rings. The number of hydrogen-bond donors (Lipinski definition) is 1. The molecule has 1 N–H and O–H groups in total. The first-order valence-corrected chi connectivity index (χ1v) is 6.19. The Morgan fingerprint density at radius 1 is 1.21 bits per heavy atom. The molecule has 0 spiro atoms. The molecule has 0 aliphatic carbocycles. The Labute approximate surface area is 109 Å². The second-order valence-electron chi connectivity index (χ2n) is 4.70. The molecule has 0 fully saturated rings. The summed E-state index contributed by atoms with van der Waals surface area (Å²) < 4.78 is 19.0. The van der Waals surface area contributed by atoms with Gasteiger partial charge >= 0.3 is 0 Å². The van der Waals surface area contributed by atoms with E-state index in [9.17, 15) is 4.39 Å². The van der Waals surface area contributed by atoms with Crippen molar-refractivity contribution in [2.45, 2.75) is 12.5 Å². The second-order valence-corrected chi connectivity index (χ2v) is 4.70. The van der Waals surface area contributed by atoms with Gasteiger partial charge in [0.2, 0.25) is 0 Å². The lowest BCUT2D eigenvalue weighted by Crippen LogP contribution is -2.05. The minimum atomic E-state index is -0.265. The van der Waals surface area contributed by atoms with E-state index >= 15 is 0 Å². The van der Waals surface area contributed by atoms with E-state index in [1.807, 2.05) is 18.2 Å². The van der Waals surface area contributed by atoms with Crippen LogP contribution in [-0.2, 0) is 6.42 Å². The smallest absolute Gasteiger partial charge is 0.160 e. The van der Waals surface area contributed by atoms with Gasteiger partial charge in [0, 0.05) is 6.42 Å². The van der Waals surface area contributed by atoms with Crippen molar-refractivity contribution in [1.29, 1.82) is 0 Å². The lowest BCUT2D eigenvalue weighted by molar-refractivity contribution is 0.229. The van der Waals surface area contributed by atoms with Crippen LogP contribution in [0.25, 0.3) is 11.0 Å². The molecule has 2 heterocycles. The van der Waals surface area contributed by atoms with Gasteiger partial charge in [0.1, 0.15) is 17.4 Å². The molecule has 0 saturated carbocycles. The Bertz CT molecular complexity index is 741. The zero-order chi connectivity index (χ0) is 12.8. The summed E-state index contributed by atoms with van der Waals surface area (Å²) in [5.41, 5.74) is 2.64. The fourth-order valence-electron chi connectivity index (χ4n) is 2.49. The van der Waals surface area contributed by atoms with Gasteiger partial charge in [-0.05, 0) is 29.8 Å². The Kier molecular flexibility index (Phi) is 2.12. The summed E-state index contributed by atoms with van der Waals surface area (Å²) in [4.78, 5) is 7.61. The van der Waals surface area contributed by atoms with Gasteiger partial charge in [0.05, 0.1) is 11.0 Å².